The average Bonchev–Trinajstić information content (AvgIpc) is 3.04. The molecule has 2 heterocycles. The average molecular weight is 267 g/mol. The van der Waals surface area contributed by atoms with Gasteiger partial charge < -0.3 is 0 Å². The number of benzene rings is 1. The second-order valence-corrected chi connectivity index (χ2v) is 4.40. The first kappa shape index (κ1) is 12.2. The van der Waals surface area contributed by atoms with E-state index in [2.05, 4.69) is 25.4 Å². The molecule has 0 amide bonds. The van der Waals surface area contributed by atoms with E-state index < -0.39 is 0 Å². The standard InChI is InChI=1S/C14H13N5O/c1-9-7-12(17-16-9)15-8-11-13(18-19-14(11)20)10-5-3-2-4-6-10/h2-8H,1H3,(H,16,17)(H2,18,19,20). The molecule has 0 saturated heterocycles. The number of aliphatic imine (C=N–C) groups is 1. The van der Waals surface area contributed by atoms with E-state index in [0.29, 0.717) is 17.1 Å². The molecule has 100 valence electrons. The van der Waals surface area contributed by atoms with Crippen molar-refractivity contribution in [2.45, 2.75) is 6.92 Å². The first-order valence-electron chi connectivity index (χ1n) is 6.16. The fourth-order valence-electron chi connectivity index (χ4n) is 1.92. The topological polar surface area (TPSA) is 89.7 Å². The minimum atomic E-state index is -0.208. The highest BCUT2D eigenvalue weighted by Gasteiger charge is 2.09. The molecule has 0 radical (unpaired) electrons. The Kier molecular flexibility index (Phi) is 3.04. The van der Waals surface area contributed by atoms with Gasteiger partial charge in [0, 0.05) is 23.5 Å². The van der Waals surface area contributed by atoms with Crippen LogP contribution in [0.5, 0.6) is 0 Å². The van der Waals surface area contributed by atoms with Crippen LogP contribution < -0.4 is 5.56 Å². The molecule has 0 aliphatic rings. The van der Waals surface area contributed by atoms with Gasteiger partial charge in [-0.1, -0.05) is 30.3 Å². The van der Waals surface area contributed by atoms with E-state index in [4.69, 9.17) is 0 Å². The summed E-state index contributed by atoms with van der Waals surface area (Å²) in [7, 11) is 0. The highest BCUT2D eigenvalue weighted by molar-refractivity contribution is 5.89. The van der Waals surface area contributed by atoms with Crippen molar-refractivity contribution in [3.8, 4) is 11.3 Å². The number of hydrogen-bond donors (Lipinski definition) is 3. The summed E-state index contributed by atoms with van der Waals surface area (Å²) in [5.41, 5.74) is 2.83. The smallest absolute Gasteiger partial charge is 0.273 e. The molecule has 0 spiro atoms. The summed E-state index contributed by atoms with van der Waals surface area (Å²) < 4.78 is 0. The maximum atomic E-state index is 11.8. The van der Waals surface area contributed by atoms with Crippen molar-refractivity contribution >= 4 is 12.0 Å². The van der Waals surface area contributed by atoms with Gasteiger partial charge in [-0.3, -0.25) is 20.1 Å². The van der Waals surface area contributed by atoms with Gasteiger partial charge >= 0.3 is 0 Å². The minimum absolute atomic E-state index is 0.208. The number of hydrogen-bond acceptors (Lipinski definition) is 3. The zero-order chi connectivity index (χ0) is 13.9. The van der Waals surface area contributed by atoms with Crippen molar-refractivity contribution in [2.24, 2.45) is 4.99 Å². The van der Waals surface area contributed by atoms with E-state index in [9.17, 15) is 4.79 Å². The molecule has 6 nitrogen and oxygen atoms in total. The van der Waals surface area contributed by atoms with Crippen molar-refractivity contribution in [3.05, 3.63) is 58.0 Å². The van der Waals surface area contributed by atoms with Gasteiger partial charge in [-0.15, -0.1) is 0 Å². The molecule has 20 heavy (non-hydrogen) atoms. The quantitative estimate of drug-likeness (QED) is 0.635. The number of aromatic amines is 3. The van der Waals surface area contributed by atoms with Crippen molar-refractivity contribution in [3.63, 3.8) is 0 Å². The van der Waals surface area contributed by atoms with Crippen molar-refractivity contribution in [2.75, 3.05) is 0 Å². The van der Waals surface area contributed by atoms with Gasteiger partial charge in [-0.2, -0.15) is 5.10 Å². The lowest BCUT2D eigenvalue weighted by atomic mass is 10.1. The molecule has 0 aliphatic heterocycles. The van der Waals surface area contributed by atoms with Gasteiger partial charge in [0.25, 0.3) is 5.56 Å². The molecule has 0 unspecified atom stereocenters. The van der Waals surface area contributed by atoms with Crippen molar-refractivity contribution in [1.82, 2.24) is 20.4 Å². The molecular weight excluding hydrogens is 254 g/mol. The fraction of sp³-hybridized carbons (Fsp3) is 0.0714. The van der Waals surface area contributed by atoms with Gasteiger partial charge in [0.05, 0.1) is 11.3 Å². The molecule has 0 aliphatic carbocycles. The van der Waals surface area contributed by atoms with Crippen LogP contribution in [0, 0.1) is 6.92 Å². The zero-order valence-corrected chi connectivity index (χ0v) is 10.8. The second kappa shape index (κ2) is 5.00. The van der Waals surface area contributed by atoms with Crippen LogP contribution >= 0.6 is 0 Å². The van der Waals surface area contributed by atoms with Crippen LogP contribution in [0.2, 0.25) is 0 Å². The maximum absolute atomic E-state index is 11.8. The summed E-state index contributed by atoms with van der Waals surface area (Å²) in [5, 5.41) is 12.3. The van der Waals surface area contributed by atoms with Gasteiger partial charge in [0.15, 0.2) is 5.82 Å². The molecule has 0 saturated carbocycles. The highest BCUT2D eigenvalue weighted by atomic mass is 16.1. The first-order chi connectivity index (χ1) is 9.74. The third-order valence-electron chi connectivity index (χ3n) is 2.90. The number of aromatic nitrogens is 4. The summed E-state index contributed by atoms with van der Waals surface area (Å²) in [6.07, 6.45) is 1.52. The predicted octanol–water partition coefficient (Wildman–Crippen LogP) is 2.15. The molecular formula is C14H13N5O. The zero-order valence-electron chi connectivity index (χ0n) is 10.8. The highest BCUT2D eigenvalue weighted by Crippen LogP contribution is 2.17. The molecule has 1 aromatic carbocycles. The van der Waals surface area contributed by atoms with Gasteiger partial charge in [-0.25, -0.2) is 4.99 Å². The second-order valence-electron chi connectivity index (χ2n) is 4.40. The lowest BCUT2D eigenvalue weighted by molar-refractivity contribution is 1.04. The Hall–Kier alpha value is -2.89. The lowest BCUT2D eigenvalue weighted by Gasteiger charge is -1.97. The molecule has 3 N–H and O–H groups in total. The van der Waals surface area contributed by atoms with E-state index >= 15 is 0 Å². The summed E-state index contributed by atoms with van der Waals surface area (Å²) >= 11 is 0. The van der Waals surface area contributed by atoms with E-state index in [1.54, 1.807) is 6.07 Å². The maximum Gasteiger partial charge on any atom is 0.273 e. The van der Waals surface area contributed by atoms with Crippen molar-refractivity contribution < 1.29 is 0 Å². The first-order valence-corrected chi connectivity index (χ1v) is 6.16. The van der Waals surface area contributed by atoms with Gasteiger partial charge in [-0.05, 0) is 6.92 Å². The Balaban J connectivity index is 2.00. The Labute approximate surface area is 114 Å². The molecule has 0 bridgehead atoms. The number of nitrogens with zero attached hydrogens (tertiary/aromatic N) is 2. The Morgan fingerprint density at radius 2 is 2.00 bits per heavy atom. The van der Waals surface area contributed by atoms with Crippen LogP contribution in [0.3, 0.4) is 0 Å². The predicted molar refractivity (Wildman–Crippen MR) is 77.4 cm³/mol. The number of H-pyrrole nitrogens is 3. The summed E-state index contributed by atoms with van der Waals surface area (Å²) in [6, 6.07) is 11.4. The molecule has 0 fully saturated rings. The van der Waals surface area contributed by atoms with Crippen LogP contribution in [0.4, 0.5) is 5.82 Å². The third kappa shape index (κ3) is 2.31. The molecule has 3 aromatic rings. The normalized spacial score (nSPS) is 11.2. The van der Waals surface area contributed by atoms with Gasteiger partial charge in [0.1, 0.15) is 0 Å². The van der Waals surface area contributed by atoms with Crippen LogP contribution in [0.15, 0.2) is 46.2 Å². The Bertz CT molecular complexity index is 794. The molecule has 3 rings (SSSR count). The SMILES string of the molecule is Cc1cc(N=Cc2c(-c3ccccc3)[nH][nH]c2=O)n[nH]1. The largest absolute Gasteiger partial charge is 0.297 e. The molecule has 0 atom stereocenters. The van der Waals surface area contributed by atoms with Crippen LogP contribution in [-0.2, 0) is 0 Å². The van der Waals surface area contributed by atoms with E-state index in [1.165, 1.54) is 6.21 Å². The number of rotatable bonds is 3. The third-order valence-corrected chi connectivity index (χ3v) is 2.90. The Morgan fingerprint density at radius 1 is 1.20 bits per heavy atom. The van der Waals surface area contributed by atoms with E-state index in [0.717, 1.165) is 11.3 Å². The fourth-order valence-corrected chi connectivity index (χ4v) is 1.92. The van der Waals surface area contributed by atoms with E-state index in [1.807, 2.05) is 37.3 Å². The lowest BCUT2D eigenvalue weighted by Crippen LogP contribution is -2.05. The molecule has 2 aromatic heterocycles. The van der Waals surface area contributed by atoms with E-state index in [-0.39, 0.29) is 5.56 Å². The number of aryl methyl sites for hydroxylation is 1. The monoisotopic (exact) mass is 267 g/mol. The summed E-state index contributed by atoms with van der Waals surface area (Å²) in [6.45, 7) is 1.89. The summed E-state index contributed by atoms with van der Waals surface area (Å²) in [4.78, 5) is 16.0. The van der Waals surface area contributed by atoms with Crippen molar-refractivity contribution in [1.29, 1.82) is 0 Å². The minimum Gasteiger partial charge on any atom is -0.297 e. The molecule has 6 heteroatoms. The van der Waals surface area contributed by atoms with Gasteiger partial charge in [0.2, 0.25) is 0 Å². The van der Waals surface area contributed by atoms with Crippen LogP contribution in [0.1, 0.15) is 11.3 Å². The van der Waals surface area contributed by atoms with Crippen LogP contribution in [-0.4, -0.2) is 26.6 Å². The summed E-state index contributed by atoms with van der Waals surface area (Å²) in [5.74, 6) is 0.544. The Morgan fingerprint density at radius 3 is 2.70 bits per heavy atom. The van der Waals surface area contributed by atoms with Crippen LogP contribution in [0.25, 0.3) is 11.3 Å². The number of nitrogens with one attached hydrogen (secondary N) is 3.